The molecule has 0 aromatic heterocycles. The standard InChI is InChI=1S/C8H14ClNO/c1-5-6(9)7(11)10(5)8(2,3)4/h5-6H,1-4H3/t5-,6+/m0/s1. The predicted octanol–water partition coefficient (Wildman–Crippen LogP) is 1.62. The molecule has 1 aliphatic rings. The van der Waals surface area contributed by atoms with Gasteiger partial charge in [0.2, 0.25) is 5.91 Å². The number of carbonyl (C=O) groups excluding carboxylic acids is 1. The molecule has 1 aliphatic heterocycles. The zero-order chi connectivity index (χ0) is 8.81. The van der Waals surface area contributed by atoms with Crippen LogP contribution in [0.1, 0.15) is 27.7 Å². The molecule has 1 heterocycles. The van der Waals surface area contributed by atoms with Crippen LogP contribution in [0.15, 0.2) is 0 Å². The van der Waals surface area contributed by atoms with Gasteiger partial charge in [0, 0.05) is 5.54 Å². The molecule has 1 saturated heterocycles. The fourth-order valence-corrected chi connectivity index (χ4v) is 1.75. The molecule has 11 heavy (non-hydrogen) atoms. The summed E-state index contributed by atoms with van der Waals surface area (Å²) in [6, 6.07) is 0.184. The van der Waals surface area contributed by atoms with Crippen molar-refractivity contribution in [1.29, 1.82) is 0 Å². The number of hydrogen-bond donors (Lipinski definition) is 0. The molecule has 0 aromatic rings. The zero-order valence-electron chi connectivity index (χ0n) is 7.39. The summed E-state index contributed by atoms with van der Waals surface area (Å²) in [7, 11) is 0. The lowest BCUT2D eigenvalue weighted by Gasteiger charge is -2.50. The lowest BCUT2D eigenvalue weighted by Crippen LogP contribution is -2.67. The number of likely N-dealkylation sites (tertiary alicyclic amines) is 1. The van der Waals surface area contributed by atoms with E-state index in [-0.39, 0.29) is 22.9 Å². The summed E-state index contributed by atoms with van der Waals surface area (Å²) in [5.74, 6) is 0.0617. The number of alkyl halides is 1. The molecule has 3 heteroatoms. The first-order valence-corrected chi connectivity index (χ1v) is 4.26. The Morgan fingerprint density at radius 3 is 2.09 bits per heavy atom. The second-order valence-electron chi connectivity index (χ2n) is 4.02. The first-order chi connectivity index (χ1) is 4.85. The Hall–Kier alpha value is -0.240. The second-order valence-corrected chi connectivity index (χ2v) is 4.49. The molecule has 0 radical (unpaired) electrons. The maximum Gasteiger partial charge on any atom is 0.243 e. The van der Waals surface area contributed by atoms with Crippen LogP contribution in [0.4, 0.5) is 0 Å². The van der Waals surface area contributed by atoms with Gasteiger partial charge in [0.05, 0.1) is 6.04 Å². The molecule has 2 atom stereocenters. The summed E-state index contributed by atoms with van der Waals surface area (Å²) in [5, 5.41) is -0.297. The van der Waals surface area contributed by atoms with Gasteiger partial charge in [-0.05, 0) is 27.7 Å². The maximum absolute atomic E-state index is 11.2. The predicted molar refractivity (Wildman–Crippen MR) is 45.7 cm³/mol. The molecule has 0 bridgehead atoms. The first kappa shape index (κ1) is 8.85. The van der Waals surface area contributed by atoms with Crippen LogP contribution in [-0.4, -0.2) is 27.8 Å². The largest absolute Gasteiger partial charge is 0.332 e. The van der Waals surface area contributed by atoms with Gasteiger partial charge in [-0.3, -0.25) is 4.79 Å². The number of β-lactam (4-membered cyclic amide) rings is 1. The molecule has 64 valence electrons. The van der Waals surface area contributed by atoms with E-state index in [0.29, 0.717) is 0 Å². The average Bonchev–Trinajstić information content (AvgIpc) is 1.85. The van der Waals surface area contributed by atoms with E-state index in [0.717, 1.165) is 0 Å². The number of carbonyl (C=O) groups is 1. The van der Waals surface area contributed by atoms with E-state index in [1.807, 2.05) is 32.6 Å². The Morgan fingerprint density at radius 1 is 1.45 bits per heavy atom. The van der Waals surface area contributed by atoms with Crippen molar-refractivity contribution in [1.82, 2.24) is 4.90 Å². The van der Waals surface area contributed by atoms with Crippen molar-refractivity contribution in [3.8, 4) is 0 Å². The normalized spacial score (nSPS) is 32.1. The van der Waals surface area contributed by atoms with Crippen LogP contribution >= 0.6 is 11.6 Å². The highest BCUT2D eigenvalue weighted by Gasteiger charge is 2.47. The average molecular weight is 176 g/mol. The van der Waals surface area contributed by atoms with Crippen molar-refractivity contribution in [2.45, 2.75) is 44.7 Å². The first-order valence-electron chi connectivity index (χ1n) is 3.83. The Bertz CT molecular complexity index is 185. The summed E-state index contributed by atoms with van der Waals surface area (Å²) in [6.07, 6.45) is 0. The highest BCUT2D eigenvalue weighted by Crippen LogP contribution is 2.31. The van der Waals surface area contributed by atoms with E-state index < -0.39 is 0 Å². The molecule has 1 rings (SSSR count). The molecule has 2 nitrogen and oxygen atoms in total. The smallest absolute Gasteiger partial charge is 0.243 e. The highest BCUT2D eigenvalue weighted by molar-refractivity contribution is 6.33. The van der Waals surface area contributed by atoms with E-state index in [9.17, 15) is 4.79 Å². The summed E-state index contributed by atoms with van der Waals surface area (Å²) >= 11 is 5.76. The number of hydrogen-bond acceptors (Lipinski definition) is 1. The lowest BCUT2D eigenvalue weighted by molar-refractivity contribution is -0.151. The summed E-state index contributed by atoms with van der Waals surface area (Å²) < 4.78 is 0. The Kier molecular flexibility index (Phi) is 1.91. The van der Waals surface area contributed by atoms with E-state index >= 15 is 0 Å². The van der Waals surface area contributed by atoms with Gasteiger partial charge in [-0.15, -0.1) is 11.6 Å². The topological polar surface area (TPSA) is 20.3 Å². The van der Waals surface area contributed by atoms with Crippen molar-refractivity contribution in [3.05, 3.63) is 0 Å². The van der Waals surface area contributed by atoms with Crippen LogP contribution in [0.2, 0.25) is 0 Å². The SMILES string of the molecule is C[C@H]1[C@@H](Cl)C(=O)N1C(C)(C)C. The molecular formula is C8H14ClNO. The van der Waals surface area contributed by atoms with Crippen molar-refractivity contribution in [3.63, 3.8) is 0 Å². The minimum absolute atomic E-state index is 0.0617. The Morgan fingerprint density at radius 2 is 1.91 bits per heavy atom. The van der Waals surface area contributed by atoms with Crippen LogP contribution in [0, 0.1) is 0 Å². The van der Waals surface area contributed by atoms with E-state index in [2.05, 4.69) is 0 Å². The third-order valence-electron chi connectivity index (χ3n) is 2.03. The minimum Gasteiger partial charge on any atom is -0.332 e. The molecule has 0 unspecified atom stereocenters. The third kappa shape index (κ3) is 1.24. The molecular weight excluding hydrogens is 162 g/mol. The van der Waals surface area contributed by atoms with Gasteiger partial charge < -0.3 is 4.90 Å². The molecule has 0 spiro atoms. The van der Waals surface area contributed by atoms with Crippen molar-refractivity contribution >= 4 is 17.5 Å². The van der Waals surface area contributed by atoms with Crippen LogP contribution < -0.4 is 0 Å². The van der Waals surface area contributed by atoms with Crippen molar-refractivity contribution < 1.29 is 4.79 Å². The molecule has 1 amide bonds. The highest BCUT2D eigenvalue weighted by atomic mass is 35.5. The van der Waals surface area contributed by atoms with Gasteiger partial charge in [-0.2, -0.15) is 0 Å². The van der Waals surface area contributed by atoms with Crippen LogP contribution in [0.25, 0.3) is 0 Å². The van der Waals surface area contributed by atoms with E-state index in [4.69, 9.17) is 11.6 Å². The zero-order valence-corrected chi connectivity index (χ0v) is 8.14. The molecule has 0 aromatic carbocycles. The molecule has 0 N–H and O–H groups in total. The number of rotatable bonds is 0. The van der Waals surface area contributed by atoms with Crippen LogP contribution in [0.3, 0.4) is 0 Å². The van der Waals surface area contributed by atoms with Gasteiger partial charge in [-0.1, -0.05) is 0 Å². The molecule has 0 aliphatic carbocycles. The summed E-state index contributed by atoms with van der Waals surface area (Å²) in [6.45, 7) is 8.03. The van der Waals surface area contributed by atoms with Gasteiger partial charge in [0.1, 0.15) is 5.38 Å². The van der Waals surface area contributed by atoms with Gasteiger partial charge in [0.15, 0.2) is 0 Å². The summed E-state index contributed by atoms with van der Waals surface area (Å²) in [5.41, 5.74) is -0.0815. The molecule has 1 fully saturated rings. The van der Waals surface area contributed by atoms with Gasteiger partial charge in [-0.25, -0.2) is 0 Å². The maximum atomic E-state index is 11.2. The van der Waals surface area contributed by atoms with E-state index in [1.165, 1.54) is 0 Å². The lowest BCUT2D eigenvalue weighted by atomic mass is 9.93. The number of halogens is 1. The van der Waals surface area contributed by atoms with Crippen molar-refractivity contribution in [2.24, 2.45) is 0 Å². The number of amides is 1. The van der Waals surface area contributed by atoms with Gasteiger partial charge in [0.25, 0.3) is 0 Å². The molecule has 0 saturated carbocycles. The van der Waals surface area contributed by atoms with Crippen molar-refractivity contribution in [2.75, 3.05) is 0 Å². The Labute approximate surface area is 72.5 Å². The van der Waals surface area contributed by atoms with Crippen LogP contribution in [0.5, 0.6) is 0 Å². The Balaban J connectivity index is 2.71. The second kappa shape index (κ2) is 2.37. The van der Waals surface area contributed by atoms with Gasteiger partial charge >= 0.3 is 0 Å². The third-order valence-corrected chi connectivity index (χ3v) is 2.58. The van der Waals surface area contributed by atoms with E-state index in [1.54, 1.807) is 0 Å². The summed E-state index contributed by atoms with van der Waals surface area (Å²) in [4.78, 5) is 13.0. The quantitative estimate of drug-likeness (QED) is 0.405. The fourth-order valence-electron chi connectivity index (χ4n) is 1.53. The van der Waals surface area contributed by atoms with Crippen LogP contribution in [-0.2, 0) is 4.79 Å². The number of nitrogens with zero attached hydrogens (tertiary/aromatic N) is 1. The minimum atomic E-state index is -0.297. The fraction of sp³-hybridized carbons (Fsp3) is 0.875. The monoisotopic (exact) mass is 175 g/mol.